The molecule has 0 saturated heterocycles. The highest BCUT2D eigenvalue weighted by Gasteiger charge is 2.11. The smallest absolute Gasteiger partial charge is 0.254 e. The fraction of sp³-hybridized carbons (Fsp3) is 0.444. The molecule has 0 fully saturated rings. The van der Waals surface area contributed by atoms with Crippen molar-refractivity contribution in [1.82, 2.24) is 5.32 Å². The molecule has 0 spiro atoms. The van der Waals surface area contributed by atoms with Gasteiger partial charge in [-0.25, -0.2) is 0 Å². The van der Waals surface area contributed by atoms with E-state index in [0.29, 0.717) is 23.7 Å². The Balaban J connectivity index is 2.65. The molecule has 0 aliphatic carbocycles. The van der Waals surface area contributed by atoms with E-state index in [1.54, 1.807) is 6.07 Å². The van der Waals surface area contributed by atoms with Crippen molar-refractivity contribution in [2.45, 2.75) is 13.3 Å². The van der Waals surface area contributed by atoms with Crippen LogP contribution in [0.3, 0.4) is 0 Å². The molecule has 1 N–H and O–H groups in total. The zero-order chi connectivity index (χ0) is 9.68. The molecular formula is C9H12ClNO2. The molecule has 0 unspecified atom stereocenters. The van der Waals surface area contributed by atoms with Crippen LogP contribution < -0.4 is 5.32 Å². The van der Waals surface area contributed by atoms with E-state index in [4.69, 9.17) is 16.0 Å². The largest absolute Gasteiger partial charge is 0.469 e. The van der Waals surface area contributed by atoms with Gasteiger partial charge in [0.2, 0.25) is 0 Å². The Morgan fingerprint density at radius 1 is 1.69 bits per heavy atom. The SMILES string of the molecule is CCc1occc1C(=O)NCCCl. The van der Waals surface area contributed by atoms with Gasteiger partial charge in [-0.3, -0.25) is 4.79 Å². The van der Waals surface area contributed by atoms with Crippen molar-refractivity contribution in [3.63, 3.8) is 0 Å². The molecule has 1 aromatic heterocycles. The van der Waals surface area contributed by atoms with Crippen molar-refractivity contribution in [2.75, 3.05) is 12.4 Å². The molecule has 1 rings (SSSR count). The van der Waals surface area contributed by atoms with E-state index in [1.807, 2.05) is 6.92 Å². The summed E-state index contributed by atoms with van der Waals surface area (Å²) in [5, 5.41) is 2.68. The van der Waals surface area contributed by atoms with Crippen molar-refractivity contribution in [2.24, 2.45) is 0 Å². The fourth-order valence-corrected chi connectivity index (χ4v) is 1.17. The average molecular weight is 202 g/mol. The number of rotatable bonds is 4. The molecule has 0 saturated carbocycles. The maximum absolute atomic E-state index is 11.4. The van der Waals surface area contributed by atoms with Gasteiger partial charge in [0.1, 0.15) is 5.76 Å². The van der Waals surface area contributed by atoms with Gasteiger partial charge in [-0.15, -0.1) is 11.6 Å². The van der Waals surface area contributed by atoms with Crippen molar-refractivity contribution in [3.8, 4) is 0 Å². The first kappa shape index (κ1) is 10.1. The fourth-order valence-electron chi connectivity index (χ4n) is 1.07. The summed E-state index contributed by atoms with van der Waals surface area (Å²) in [6.07, 6.45) is 2.24. The lowest BCUT2D eigenvalue weighted by molar-refractivity contribution is 0.0954. The van der Waals surface area contributed by atoms with Crippen LogP contribution >= 0.6 is 11.6 Å². The zero-order valence-electron chi connectivity index (χ0n) is 7.47. The second-order valence-electron chi connectivity index (χ2n) is 2.56. The Morgan fingerprint density at radius 2 is 2.46 bits per heavy atom. The highest BCUT2D eigenvalue weighted by Crippen LogP contribution is 2.10. The van der Waals surface area contributed by atoms with E-state index in [9.17, 15) is 4.79 Å². The summed E-state index contributed by atoms with van der Waals surface area (Å²) in [7, 11) is 0. The topological polar surface area (TPSA) is 42.2 Å². The van der Waals surface area contributed by atoms with Crippen LogP contribution in [0.1, 0.15) is 23.0 Å². The quantitative estimate of drug-likeness (QED) is 0.755. The van der Waals surface area contributed by atoms with Crippen molar-refractivity contribution in [1.29, 1.82) is 0 Å². The van der Waals surface area contributed by atoms with Gasteiger partial charge in [0.25, 0.3) is 5.91 Å². The van der Waals surface area contributed by atoms with Gasteiger partial charge in [0, 0.05) is 18.8 Å². The molecule has 72 valence electrons. The van der Waals surface area contributed by atoms with Crippen LogP contribution in [0, 0.1) is 0 Å². The van der Waals surface area contributed by atoms with Gasteiger partial charge in [-0.1, -0.05) is 6.92 Å². The Hall–Kier alpha value is -0.960. The van der Waals surface area contributed by atoms with Crippen LogP contribution in [-0.2, 0) is 6.42 Å². The van der Waals surface area contributed by atoms with Crippen LogP contribution in [-0.4, -0.2) is 18.3 Å². The first-order valence-corrected chi connectivity index (χ1v) is 4.73. The number of hydrogen-bond donors (Lipinski definition) is 1. The lowest BCUT2D eigenvalue weighted by atomic mass is 10.2. The number of alkyl halides is 1. The molecule has 0 radical (unpaired) electrons. The molecule has 1 heterocycles. The highest BCUT2D eigenvalue weighted by molar-refractivity contribution is 6.18. The summed E-state index contributed by atoms with van der Waals surface area (Å²) in [6, 6.07) is 1.67. The summed E-state index contributed by atoms with van der Waals surface area (Å²) in [6.45, 7) is 2.42. The van der Waals surface area contributed by atoms with Crippen molar-refractivity contribution >= 4 is 17.5 Å². The maximum atomic E-state index is 11.4. The Kier molecular flexibility index (Phi) is 3.83. The third-order valence-corrected chi connectivity index (χ3v) is 1.88. The van der Waals surface area contributed by atoms with Gasteiger partial charge in [0.15, 0.2) is 0 Å². The molecule has 13 heavy (non-hydrogen) atoms. The van der Waals surface area contributed by atoms with Crippen LogP contribution in [0.4, 0.5) is 0 Å². The Morgan fingerprint density at radius 3 is 3.08 bits per heavy atom. The number of halogens is 1. The normalized spacial score (nSPS) is 10.0. The van der Waals surface area contributed by atoms with Crippen molar-refractivity contribution < 1.29 is 9.21 Å². The van der Waals surface area contributed by atoms with E-state index >= 15 is 0 Å². The number of aryl methyl sites for hydroxylation is 1. The standard InChI is InChI=1S/C9H12ClNO2/c1-2-8-7(3-6-13-8)9(12)11-5-4-10/h3,6H,2,4-5H2,1H3,(H,11,12). The van der Waals surface area contributed by atoms with Gasteiger partial charge >= 0.3 is 0 Å². The molecule has 0 aliphatic heterocycles. The summed E-state index contributed by atoms with van der Waals surface area (Å²) in [4.78, 5) is 11.4. The number of nitrogens with one attached hydrogen (secondary N) is 1. The minimum atomic E-state index is -0.119. The molecule has 1 amide bonds. The van der Waals surface area contributed by atoms with Crippen molar-refractivity contribution in [3.05, 3.63) is 23.7 Å². The molecule has 0 bridgehead atoms. The molecular weight excluding hydrogens is 190 g/mol. The Labute approximate surface area is 82.1 Å². The van der Waals surface area contributed by atoms with Gasteiger partial charge in [-0.05, 0) is 6.07 Å². The molecule has 0 atom stereocenters. The summed E-state index contributed by atoms with van der Waals surface area (Å²) >= 11 is 5.44. The van der Waals surface area contributed by atoms with E-state index in [1.165, 1.54) is 6.26 Å². The first-order valence-electron chi connectivity index (χ1n) is 4.20. The number of hydrogen-bond acceptors (Lipinski definition) is 2. The van der Waals surface area contributed by atoms with E-state index in [-0.39, 0.29) is 5.91 Å². The number of carbonyl (C=O) groups excluding carboxylic acids is 1. The van der Waals surface area contributed by atoms with Crippen LogP contribution in [0.5, 0.6) is 0 Å². The number of amides is 1. The molecule has 0 aromatic carbocycles. The predicted octanol–water partition coefficient (Wildman–Crippen LogP) is 1.81. The lowest BCUT2D eigenvalue weighted by Gasteiger charge is -2.01. The van der Waals surface area contributed by atoms with Gasteiger partial charge in [-0.2, -0.15) is 0 Å². The van der Waals surface area contributed by atoms with Gasteiger partial charge < -0.3 is 9.73 Å². The summed E-state index contributed by atoms with van der Waals surface area (Å²) in [5.74, 6) is 1.02. The predicted molar refractivity (Wildman–Crippen MR) is 51.1 cm³/mol. The molecule has 3 nitrogen and oxygen atoms in total. The average Bonchev–Trinajstić information content (AvgIpc) is 2.61. The Bertz CT molecular complexity index is 283. The minimum absolute atomic E-state index is 0.119. The monoisotopic (exact) mass is 201 g/mol. The van der Waals surface area contributed by atoms with Crippen LogP contribution in [0.25, 0.3) is 0 Å². The first-order chi connectivity index (χ1) is 6.29. The zero-order valence-corrected chi connectivity index (χ0v) is 8.23. The molecule has 1 aromatic rings. The maximum Gasteiger partial charge on any atom is 0.254 e. The number of furan rings is 1. The molecule has 0 aliphatic rings. The van der Waals surface area contributed by atoms with E-state index in [2.05, 4.69) is 5.32 Å². The van der Waals surface area contributed by atoms with Gasteiger partial charge in [0.05, 0.1) is 11.8 Å². The summed E-state index contributed by atoms with van der Waals surface area (Å²) < 4.78 is 5.12. The van der Waals surface area contributed by atoms with E-state index < -0.39 is 0 Å². The summed E-state index contributed by atoms with van der Waals surface area (Å²) in [5.41, 5.74) is 0.604. The second-order valence-corrected chi connectivity index (χ2v) is 2.93. The minimum Gasteiger partial charge on any atom is -0.469 e. The van der Waals surface area contributed by atoms with Crippen LogP contribution in [0.15, 0.2) is 16.7 Å². The van der Waals surface area contributed by atoms with E-state index in [0.717, 1.165) is 6.42 Å². The lowest BCUT2D eigenvalue weighted by Crippen LogP contribution is -2.25. The second kappa shape index (κ2) is 4.92. The third kappa shape index (κ3) is 2.49. The number of carbonyl (C=O) groups is 1. The van der Waals surface area contributed by atoms with Crippen LogP contribution in [0.2, 0.25) is 0 Å². The molecule has 4 heteroatoms. The third-order valence-electron chi connectivity index (χ3n) is 1.69. The highest BCUT2D eigenvalue weighted by atomic mass is 35.5.